The van der Waals surface area contributed by atoms with Crippen molar-refractivity contribution in [2.24, 2.45) is 0 Å². The zero-order chi connectivity index (χ0) is 24.8. The number of amides is 1. The molecule has 0 saturated carbocycles. The van der Waals surface area contributed by atoms with Crippen LogP contribution in [0, 0.1) is 6.92 Å². The average Bonchev–Trinajstić information content (AvgIpc) is 2.88. The highest BCUT2D eigenvalue weighted by molar-refractivity contribution is 5.96. The SMILES string of the molecule is CC[C@H](NC(=O)OCc1ccccc1)C(=O)Oc1ccc2c(-c3ccccc3)cc(=O)oc2c1C. The number of hydrogen-bond acceptors (Lipinski definition) is 6. The topological polar surface area (TPSA) is 94.8 Å². The fourth-order valence-electron chi connectivity index (χ4n) is 3.72. The number of carbonyl (C=O) groups is 2. The quantitative estimate of drug-likeness (QED) is 0.221. The standard InChI is InChI=1S/C28H25NO6/c1-3-23(29-28(32)33-17-19-10-6-4-7-11-19)27(31)34-24-15-14-21-22(20-12-8-5-9-13-20)16-25(30)35-26(21)18(24)2/h4-16,23H,3,17H2,1-2H3,(H,29,32)/t23-/m0/s1. The van der Waals surface area contributed by atoms with Crippen molar-refractivity contribution in [3.05, 3.63) is 100 Å². The van der Waals surface area contributed by atoms with E-state index in [4.69, 9.17) is 13.9 Å². The smallest absolute Gasteiger partial charge is 0.408 e. The van der Waals surface area contributed by atoms with Crippen LogP contribution in [-0.4, -0.2) is 18.1 Å². The van der Waals surface area contributed by atoms with Crippen LogP contribution in [0.2, 0.25) is 0 Å². The molecule has 0 fully saturated rings. The zero-order valence-corrected chi connectivity index (χ0v) is 19.4. The number of nitrogens with one attached hydrogen (secondary N) is 1. The molecule has 0 spiro atoms. The molecular weight excluding hydrogens is 446 g/mol. The van der Waals surface area contributed by atoms with Gasteiger partial charge in [0.25, 0.3) is 0 Å². The molecule has 1 N–H and O–H groups in total. The van der Waals surface area contributed by atoms with Gasteiger partial charge in [-0.2, -0.15) is 0 Å². The van der Waals surface area contributed by atoms with E-state index in [1.54, 1.807) is 26.0 Å². The molecule has 3 aromatic carbocycles. The first kappa shape index (κ1) is 23.8. The van der Waals surface area contributed by atoms with Crippen LogP contribution in [0.25, 0.3) is 22.1 Å². The first-order valence-corrected chi connectivity index (χ1v) is 11.3. The van der Waals surface area contributed by atoms with Crippen molar-refractivity contribution < 1.29 is 23.5 Å². The monoisotopic (exact) mass is 471 g/mol. The summed E-state index contributed by atoms with van der Waals surface area (Å²) in [6.07, 6.45) is -0.412. The Labute approximate surface area is 202 Å². The zero-order valence-electron chi connectivity index (χ0n) is 19.4. The Morgan fingerprint density at radius 2 is 1.66 bits per heavy atom. The lowest BCUT2D eigenvalue weighted by molar-refractivity contribution is -0.136. The minimum absolute atomic E-state index is 0.0880. The highest BCUT2D eigenvalue weighted by Crippen LogP contribution is 2.33. The van der Waals surface area contributed by atoms with Crippen LogP contribution >= 0.6 is 0 Å². The molecule has 1 heterocycles. The van der Waals surface area contributed by atoms with E-state index in [-0.39, 0.29) is 12.4 Å². The molecule has 35 heavy (non-hydrogen) atoms. The van der Waals surface area contributed by atoms with E-state index < -0.39 is 23.7 Å². The van der Waals surface area contributed by atoms with Crippen molar-refractivity contribution in [1.82, 2.24) is 5.32 Å². The number of ether oxygens (including phenoxy) is 2. The van der Waals surface area contributed by atoms with E-state index >= 15 is 0 Å². The molecule has 4 rings (SSSR count). The van der Waals surface area contributed by atoms with Gasteiger partial charge in [0.15, 0.2) is 0 Å². The molecule has 0 radical (unpaired) electrons. The first-order valence-electron chi connectivity index (χ1n) is 11.3. The van der Waals surface area contributed by atoms with Crippen LogP contribution in [-0.2, 0) is 16.1 Å². The molecule has 1 atom stereocenters. The molecule has 0 aliphatic heterocycles. The third-order valence-corrected chi connectivity index (χ3v) is 5.60. The number of esters is 1. The lowest BCUT2D eigenvalue weighted by atomic mass is 10.0. The summed E-state index contributed by atoms with van der Waals surface area (Å²) in [6, 6.07) is 22.7. The average molecular weight is 472 g/mol. The first-order chi connectivity index (χ1) is 17.0. The minimum Gasteiger partial charge on any atom is -0.445 e. The second kappa shape index (κ2) is 10.7. The van der Waals surface area contributed by atoms with Crippen molar-refractivity contribution in [2.75, 3.05) is 0 Å². The van der Waals surface area contributed by atoms with Crippen molar-refractivity contribution in [2.45, 2.75) is 32.9 Å². The molecule has 0 bridgehead atoms. The summed E-state index contributed by atoms with van der Waals surface area (Å²) < 4.78 is 16.3. The molecule has 0 saturated heterocycles. The summed E-state index contributed by atoms with van der Waals surface area (Å²) in [6.45, 7) is 3.55. The molecule has 0 unspecified atom stereocenters. The van der Waals surface area contributed by atoms with Crippen molar-refractivity contribution >= 4 is 23.0 Å². The predicted octanol–water partition coefficient (Wildman–Crippen LogP) is 5.38. The summed E-state index contributed by atoms with van der Waals surface area (Å²) in [7, 11) is 0. The lowest BCUT2D eigenvalue weighted by Crippen LogP contribution is -2.42. The lowest BCUT2D eigenvalue weighted by Gasteiger charge is -2.17. The Balaban J connectivity index is 1.51. The van der Waals surface area contributed by atoms with Gasteiger partial charge in [-0.15, -0.1) is 0 Å². The van der Waals surface area contributed by atoms with Gasteiger partial charge in [0.1, 0.15) is 24.0 Å². The number of hydrogen-bond donors (Lipinski definition) is 1. The van der Waals surface area contributed by atoms with Crippen LogP contribution in [0.1, 0.15) is 24.5 Å². The number of carbonyl (C=O) groups excluding carboxylic acids is 2. The van der Waals surface area contributed by atoms with Crippen LogP contribution in [0.15, 0.2) is 88.1 Å². The molecule has 178 valence electrons. The van der Waals surface area contributed by atoms with Crippen molar-refractivity contribution in [3.8, 4) is 16.9 Å². The van der Waals surface area contributed by atoms with Gasteiger partial charge in [-0.25, -0.2) is 14.4 Å². The van der Waals surface area contributed by atoms with Gasteiger partial charge >= 0.3 is 17.7 Å². The molecule has 7 nitrogen and oxygen atoms in total. The number of rotatable bonds is 7. The van der Waals surface area contributed by atoms with Gasteiger partial charge in [-0.05, 0) is 42.2 Å². The van der Waals surface area contributed by atoms with E-state index in [9.17, 15) is 14.4 Å². The number of alkyl carbamates (subject to hydrolysis) is 1. The van der Waals surface area contributed by atoms with Crippen LogP contribution in [0.4, 0.5) is 4.79 Å². The van der Waals surface area contributed by atoms with E-state index in [1.165, 1.54) is 6.07 Å². The highest BCUT2D eigenvalue weighted by Gasteiger charge is 2.23. The van der Waals surface area contributed by atoms with E-state index in [2.05, 4.69) is 5.32 Å². The maximum atomic E-state index is 12.8. The van der Waals surface area contributed by atoms with Crippen LogP contribution in [0.5, 0.6) is 5.75 Å². The molecular formula is C28H25NO6. The Morgan fingerprint density at radius 3 is 2.34 bits per heavy atom. The van der Waals surface area contributed by atoms with Gasteiger partial charge in [0.2, 0.25) is 0 Å². The molecule has 4 aromatic rings. The van der Waals surface area contributed by atoms with Gasteiger partial charge in [0.05, 0.1) is 0 Å². The van der Waals surface area contributed by atoms with Gasteiger partial charge in [-0.3, -0.25) is 0 Å². The Hall–Kier alpha value is -4.39. The largest absolute Gasteiger partial charge is 0.445 e. The normalized spacial score (nSPS) is 11.6. The predicted molar refractivity (Wildman–Crippen MR) is 132 cm³/mol. The molecule has 0 aliphatic rings. The van der Waals surface area contributed by atoms with E-state index in [1.807, 2.05) is 60.7 Å². The Morgan fingerprint density at radius 1 is 0.971 bits per heavy atom. The fraction of sp³-hybridized carbons (Fsp3) is 0.179. The van der Waals surface area contributed by atoms with Crippen LogP contribution < -0.4 is 15.7 Å². The molecule has 7 heteroatoms. The van der Waals surface area contributed by atoms with Gasteiger partial charge < -0.3 is 19.2 Å². The number of aryl methyl sites for hydroxylation is 1. The summed E-state index contributed by atoms with van der Waals surface area (Å²) in [5.41, 5.74) is 2.78. The third-order valence-electron chi connectivity index (χ3n) is 5.60. The Bertz CT molecular complexity index is 1400. The summed E-state index contributed by atoms with van der Waals surface area (Å²) in [4.78, 5) is 37.3. The number of fused-ring (bicyclic) bond motifs is 1. The number of benzene rings is 3. The fourth-order valence-corrected chi connectivity index (χ4v) is 3.72. The maximum Gasteiger partial charge on any atom is 0.408 e. The van der Waals surface area contributed by atoms with Crippen molar-refractivity contribution in [1.29, 1.82) is 0 Å². The van der Waals surface area contributed by atoms with Crippen LogP contribution in [0.3, 0.4) is 0 Å². The summed E-state index contributed by atoms with van der Waals surface area (Å²) >= 11 is 0. The Kier molecular flexibility index (Phi) is 7.26. The molecule has 1 amide bonds. The molecule has 0 aliphatic carbocycles. The van der Waals surface area contributed by atoms with Gasteiger partial charge in [-0.1, -0.05) is 67.6 Å². The van der Waals surface area contributed by atoms with E-state index in [0.717, 1.165) is 22.1 Å². The highest BCUT2D eigenvalue weighted by atomic mass is 16.6. The molecule has 1 aromatic heterocycles. The second-order valence-corrected chi connectivity index (χ2v) is 8.00. The maximum absolute atomic E-state index is 12.8. The minimum atomic E-state index is -0.906. The second-order valence-electron chi connectivity index (χ2n) is 8.00. The summed E-state index contributed by atoms with van der Waals surface area (Å²) in [5, 5.41) is 3.27. The van der Waals surface area contributed by atoms with E-state index in [0.29, 0.717) is 17.6 Å². The van der Waals surface area contributed by atoms with Crippen molar-refractivity contribution in [3.63, 3.8) is 0 Å². The van der Waals surface area contributed by atoms with Gasteiger partial charge in [0, 0.05) is 17.0 Å². The summed E-state index contributed by atoms with van der Waals surface area (Å²) in [5.74, 6) is -0.401. The third kappa shape index (κ3) is 5.58.